The summed E-state index contributed by atoms with van der Waals surface area (Å²) >= 11 is 9.03. The largest absolute Gasteiger partial charge is 0.478 e. The molecule has 0 saturated heterocycles. The van der Waals surface area contributed by atoms with Gasteiger partial charge in [0.25, 0.3) is 0 Å². The number of hydrogen-bond donors (Lipinski definition) is 1. The molecule has 0 bridgehead atoms. The maximum absolute atomic E-state index is 13.8. The number of benzene rings is 2. The van der Waals surface area contributed by atoms with E-state index in [9.17, 15) is 9.18 Å². The van der Waals surface area contributed by atoms with Crippen molar-refractivity contribution in [1.82, 2.24) is 0 Å². The molecule has 0 radical (unpaired) electrons. The maximum Gasteiger partial charge on any atom is 0.328 e. The number of hydrogen-bond acceptors (Lipinski definition) is 2. The summed E-state index contributed by atoms with van der Waals surface area (Å²) in [6.45, 7) is 0. The van der Waals surface area contributed by atoms with Crippen molar-refractivity contribution in [2.45, 2.75) is 0 Å². The lowest BCUT2D eigenvalue weighted by atomic mass is 10.2. The molecule has 0 aliphatic heterocycles. The smallest absolute Gasteiger partial charge is 0.328 e. The number of ether oxygens (including phenoxy) is 1. The van der Waals surface area contributed by atoms with Gasteiger partial charge in [0.1, 0.15) is 5.75 Å². The Morgan fingerprint density at radius 1 is 1.24 bits per heavy atom. The van der Waals surface area contributed by atoms with Crippen LogP contribution in [-0.2, 0) is 4.79 Å². The highest BCUT2D eigenvalue weighted by atomic mass is 79.9. The van der Waals surface area contributed by atoms with E-state index in [4.69, 9.17) is 21.4 Å². The van der Waals surface area contributed by atoms with Crippen LogP contribution in [0, 0.1) is 5.82 Å². The zero-order chi connectivity index (χ0) is 15.4. The standard InChI is InChI=1S/C15H9BrClFO3/c16-10-2-4-14(12(18)8-10)21-13-5-3-11(17)7-9(13)1-6-15(19)20/h1-8H,(H,19,20)/b6-1+. The molecule has 0 aromatic heterocycles. The minimum absolute atomic E-state index is 0.0329. The van der Waals surface area contributed by atoms with Crippen molar-refractivity contribution >= 4 is 39.6 Å². The van der Waals surface area contributed by atoms with Gasteiger partial charge >= 0.3 is 5.97 Å². The number of aliphatic carboxylic acids is 1. The molecule has 21 heavy (non-hydrogen) atoms. The van der Waals surface area contributed by atoms with Crippen molar-refractivity contribution in [3.05, 3.63) is 63.4 Å². The van der Waals surface area contributed by atoms with Crippen molar-refractivity contribution in [3.63, 3.8) is 0 Å². The van der Waals surface area contributed by atoms with E-state index < -0.39 is 11.8 Å². The van der Waals surface area contributed by atoms with E-state index in [-0.39, 0.29) is 5.75 Å². The van der Waals surface area contributed by atoms with Gasteiger partial charge in [-0.25, -0.2) is 9.18 Å². The Balaban J connectivity index is 2.37. The zero-order valence-corrected chi connectivity index (χ0v) is 12.9. The molecule has 2 rings (SSSR count). The van der Waals surface area contributed by atoms with Gasteiger partial charge in [-0.2, -0.15) is 0 Å². The molecule has 0 aliphatic rings. The summed E-state index contributed by atoms with van der Waals surface area (Å²) in [4.78, 5) is 10.6. The van der Waals surface area contributed by atoms with Crippen LogP contribution in [0.5, 0.6) is 11.5 Å². The van der Waals surface area contributed by atoms with Gasteiger partial charge in [0.15, 0.2) is 11.6 Å². The second kappa shape index (κ2) is 6.74. The molecule has 2 aromatic carbocycles. The monoisotopic (exact) mass is 370 g/mol. The van der Waals surface area contributed by atoms with Gasteiger partial charge in [0.2, 0.25) is 0 Å². The third kappa shape index (κ3) is 4.31. The van der Waals surface area contributed by atoms with Gasteiger partial charge < -0.3 is 9.84 Å². The Bertz CT molecular complexity index is 716. The molecular weight excluding hydrogens is 363 g/mol. The van der Waals surface area contributed by atoms with E-state index in [1.807, 2.05) is 0 Å². The molecule has 1 N–H and O–H groups in total. The Labute approximate surface area is 133 Å². The highest BCUT2D eigenvalue weighted by molar-refractivity contribution is 9.10. The number of carboxylic acid groups (broad SMARTS) is 1. The molecule has 0 fully saturated rings. The number of rotatable bonds is 4. The molecule has 108 valence electrons. The summed E-state index contributed by atoms with van der Waals surface area (Å²) in [5.41, 5.74) is 0.437. The summed E-state index contributed by atoms with van der Waals surface area (Å²) in [5, 5.41) is 9.09. The molecule has 0 atom stereocenters. The predicted octanol–water partition coefficient (Wildman–Crippen LogP) is 5.13. The van der Waals surface area contributed by atoms with Crippen LogP contribution in [-0.4, -0.2) is 11.1 Å². The SMILES string of the molecule is O=C(O)/C=C/c1cc(Cl)ccc1Oc1ccc(Br)cc1F. The highest BCUT2D eigenvalue weighted by Gasteiger charge is 2.09. The maximum atomic E-state index is 13.8. The lowest BCUT2D eigenvalue weighted by Crippen LogP contribution is -1.92. The van der Waals surface area contributed by atoms with Gasteiger partial charge in [-0.15, -0.1) is 0 Å². The molecule has 0 unspecified atom stereocenters. The van der Waals surface area contributed by atoms with Gasteiger partial charge in [0, 0.05) is 21.1 Å². The lowest BCUT2D eigenvalue weighted by Gasteiger charge is -2.10. The second-order valence-corrected chi connectivity index (χ2v) is 5.38. The zero-order valence-electron chi connectivity index (χ0n) is 10.5. The van der Waals surface area contributed by atoms with Gasteiger partial charge in [-0.1, -0.05) is 27.5 Å². The first kappa shape index (κ1) is 15.5. The molecule has 0 spiro atoms. The van der Waals surface area contributed by atoms with Gasteiger partial charge in [-0.05, 0) is 42.5 Å². The van der Waals surface area contributed by atoms with Crippen LogP contribution >= 0.6 is 27.5 Å². The van der Waals surface area contributed by atoms with E-state index in [0.717, 1.165) is 6.08 Å². The van der Waals surface area contributed by atoms with Gasteiger partial charge in [0.05, 0.1) is 0 Å². The summed E-state index contributed by atoms with van der Waals surface area (Å²) in [6, 6.07) is 9.04. The third-order valence-corrected chi connectivity index (χ3v) is 3.22. The molecule has 3 nitrogen and oxygen atoms in total. The number of carbonyl (C=O) groups is 1. The van der Waals surface area contributed by atoms with Crippen LogP contribution in [0.25, 0.3) is 6.08 Å². The van der Waals surface area contributed by atoms with Gasteiger partial charge in [-0.3, -0.25) is 0 Å². The number of halogens is 3. The normalized spacial score (nSPS) is 10.8. The van der Waals surface area contributed by atoms with Crippen molar-refractivity contribution in [2.75, 3.05) is 0 Å². The fraction of sp³-hybridized carbons (Fsp3) is 0. The average molecular weight is 372 g/mol. The van der Waals surface area contributed by atoms with E-state index >= 15 is 0 Å². The fourth-order valence-corrected chi connectivity index (χ4v) is 2.09. The van der Waals surface area contributed by atoms with E-state index in [1.165, 1.54) is 24.3 Å². The summed E-state index contributed by atoms with van der Waals surface area (Å²) in [7, 11) is 0. The predicted molar refractivity (Wildman–Crippen MR) is 82.3 cm³/mol. The molecule has 0 saturated carbocycles. The topological polar surface area (TPSA) is 46.5 Å². The molecule has 6 heteroatoms. The molecule has 2 aromatic rings. The first-order chi connectivity index (χ1) is 9.95. The van der Waals surface area contributed by atoms with Crippen LogP contribution < -0.4 is 4.74 Å². The Kier molecular flexibility index (Phi) is 4.98. The lowest BCUT2D eigenvalue weighted by molar-refractivity contribution is -0.131. The quantitative estimate of drug-likeness (QED) is 0.758. The molecule has 0 aliphatic carbocycles. The average Bonchev–Trinajstić information content (AvgIpc) is 2.41. The molecular formula is C15H9BrClFO3. The number of carboxylic acids is 1. The van der Waals surface area contributed by atoms with E-state index in [2.05, 4.69) is 15.9 Å². The second-order valence-electron chi connectivity index (χ2n) is 4.03. The minimum atomic E-state index is -1.10. The summed E-state index contributed by atoms with van der Waals surface area (Å²) in [5.74, 6) is -1.30. The van der Waals surface area contributed by atoms with Crippen LogP contribution in [0.2, 0.25) is 5.02 Å². The van der Waals surface area contributed by atoms with Crippen LogP contribution in [0.3, 0.4) is 0 Å². The molecule has 0 amide bonds. The minimum Gasteiger partial charge on any atom is -0.478 e. The van der Waals surface area contributed by atoms with E-state index in [0.29, 0.717) is 20.8 Å². The van der Waals surface area contributed by atoms with E-state index in [1.54, 1.807) is 18.2 Å². The van der Waals surface area contributed by atoms with Crippen molar-refractivity contribution in [3.8, 4) is 11.5 Å². The van der Waals surface area contributed by atoms with Crippen LogP contribution in [0.15, 0.2) is 46.9 Å². The van der Waals surface area contributed by atoms with Crippen LogP contribution in [0.1, 0.15) is 5.56 Å². The summed E-state index contributed by atoms with van der Waals surface area (Å²) < 4.78 is 19.8. The van der Waals surface area contributed by atoms with Crippen molar-refractivity contribution in [2.24, 2.45) is 0 Å². The first-order valence-corrected chi connectivity index (χ1v) is 6.96. The van der Waals surface area contributed by atoms with Crippen molar-refractivity contribution < 1.29 is 19.0 Å². The Hall–Kier alpha value is -1.85. The third-order valence-electron chi connectivity index (χ3n) is 2.49. The Morgan fingerprint density at radius 3 is 2.62 bits per heavy atom. The van der Waals surface area contributed by atoms with Crippen molar-refractivity contribution in [1.29, 1.82) is 0 Å². The van der Waals surface area contributed by atoms with Crippen LogP contribution in [0.4, 0.5) is 4.39 Å². The molecule has 0 heterocycles. The Morgan fingerprint density at radius 2 is 1.95 bits per heavy atom. The fourth-order valence-electron chi connectivity index (χ4n) is 1.58. The summed E-state index contributed by atoms with van der Waals surface area (Å²) in [6.07, 6.45) is 2.29. The highest BCUT2D eigenvalue weighted by Crippen LogP contribution is 2.31. The first-order valence-electron chi connectivity index (χ1n) is 5.79.